The van der Waals surface area contributed by atoms with E-state index in [0.29, 0.717) is 6.42 Å². The van der Waals surface area contributed by atoms with Crippen LogP contribution in [0.4, 0.5) is 0 Å². The maximum Gasteiger partial charge on any atom is 0.303 e. The molecule has 3 nitrogen and oxygen atoms in total. The number of benzene rings is 1. The molecule has 0 bridgehead atoms. The lowest BCUT2D eigenvalue weighted by Crippen LogP contribution is -2.10. The molecule has 0 saturated carbocycles. The maximum atomic E-state index is 10.6. The van der Waals surface area contributed by atoms with Gasteiger partial charge in [0, 0.05) is 30.6 Å². The second kappa shape index (κ2) is 5.31. The summed E-state index contributed by atoms with van der Waals surface area (Å²) in [5.74, 6) is -0.722. The second-order valence-corrected chi connectivity index (χ2v) is 6.49. The van der Waals surface area contributed by atoms with Gasteiger partial charge >= 0.3 is 5.97 Å². The number of hydrogen-bond donors (Lipinski definition) is 1. The van der Waals surface area contributed by atoms with Crippen LogP contribution in [0.2, 0.25) is 0 Å². The Morgan fingerprint density at radius 3 is 2.60 bits per heavy atom. The highest BCUT2D eigenvalue weighted by Gasteiger charge is 2.16. The lowest BCUT2D eigenvalue weighted by Gasteiger charge is -2.19. The number of carbonyl (C=O) groups is 1. The third kappa shape index (κ3) is 3.03. The topological polar surface area (TPSA) is 42.2 Å². The van der Waals surface area contributed by atoms with Crippen molar-refractivity contribution in [2.24, 2.45) is 7.05 Å². The summed E-state index contributed by atoms with van der Waals surface area (Å²) >= 11 is 0. The van der Waals surface area contributed by atoms with Crippen molar-refractivity contribution in [3.8, 4) is 0 Å². The minimum atomic E-state index is -0.722. The van der Waals surface area contributed by atoms with Crippen LogP contribution in [-0.4, -0.2) is 15.6 Å². The third-order valence-corrected chi connectivity index (χ3v) is 3.77. The molecule has 0 atom stereocenters. The maximum absolute atomic E-state index is 10.6. The Hall–Kier alpha value is -1.77. The number of aromatic nitrogens is 1. The highest BCUT2D eigenvalue weighted by Crippen LogP contribution is 2.29. The first-order chi connectivity index (χ1) is 9.29. The molecule has 0 aliphatic rings. The van der Waals surface area contributed by atoms with E-state index in [0.717, 1.165) is 6.42 Å². The molecule has 0 fully saturated rings. The van der Waals surface area contributed by atoms with E-state index in [1.54, 1.807) is 0 Å². The smallest absolute Gasteiger partial charge is 0.303 e. The van der Waals surface area contributed by atoms with Gasteiger partial charge < -0.3 is 9.67 Å². The number of carboxylic acids is 1. The summed E-state index contributed by atoms with van der Waals surface area (Å²) in [4.78, 5) is 10.6. The van der Waals surface area contributed by atoms with Crippen molar-refractivity contribution in [3.05, 3.63) is 35.5 Å². The van der Waals surface area contributed by atoms with Crippen LogP contribution in [0.5, 0.6) is 0 Å². The summed E-state index contributed by atoms with van der Waals surface area (Å²) in [6.07, 6.45) is 3.86. The summed E-state index contributed by atoms with van der Waals surface area (Å²) in [7, 11) is 2.04. The predicted octanol–water partition coefficient (Wildman–Crippen LogP) is 3.88. The van der Waals surface area contributed by atoms with Crippen molar-refractivity contribution in [2.75, 3.05) is 0 Å². The molecule has 1 aromatic carbocycles. The van der Waals surface area contributed by atoms with E-state index in [-0.39, 0.29) is 11.8 Å². The van der Waals surface area contributed by atoms with Crippen LogP contribution in [0.1, 0.15) is 44.7 Å². The van der Waals surface area contributed by atoms with Crippen molar-refractivity contribution in [1.29, 1.82) is 0 Å². The largest absolute Gasteiger partial charge is 0.481 e. The molecule has 2 aromatic rings. The zero-order chi connectivity index (χ0) is 14.9. The lowest BCUT2D eigenvalue weighted by atomic mass is 9.86. The van der Waals surface area contributed by atoms with Crippen LogP contribution in [0, 0.1) is 0 Å². The van der Waals surface area contributed by atoms with Gasteiger partial charge in [-0.25, -0.2) is 0 Å². The summed E-state index contributed by atoms with van der Waals surface area (Å²) in [6, 6.07) is 6.60. The van der Waals surface area contributed by atoms with E-state index in [2.05, 4.69) is 49.7 Å². The van der Waals surface area contributed by atoms with Crippen molar-refractivity contribution in [3.63, 3.8) is 0 Å². The lowest BCUT2D eigenvalue weighted by molar-refractivity contribution is -0.137. The molecule has 0 unspecified atom stereocenters. The van der Waals surface area contributed by atoms with Crippen molar-refractivity contribution in [1.82, 2.24) is 4.57 Å². The van der Waals surface area contributed by atoms with Gasteiger partial charge in [-0.1, -0.05) is 26.8 Å². The summed E-state index contributed by atoms with van der Waals surface area (Å²) in [5, 5.41) is 10.0. The first-order valence-corrected chi connectivity index (χ1v) is 7.09. The molecule has 0 saturated heterocycles. The van der Waals surface area contributed by atoms with Crippen LogP contribution in [-0.2, 0) is 23.7 Å². The average molecular weight is 273 g/mol. The molecule has 108 valence electrons. The summed E-state index contributed by atoms with van der Waals surface area (Å²) < 4.78 is 2.12. The van der Waals surface area contributed by atoms with Gasteiger partial charge in [-0.2, -0.15) is 0 Å². The van der Waals surface area contributed by atoms with E-state index in [9.17, 15) is 4.79 Å². The fraction of sp³-hybridized carbons (Fsp3) is 0.471. The van der Waals surface area contributed by atoms with Gasteiger partial charge in [0.15, 0.2) is 0 Å². The van der Waals surface area contributed by atoms with Gasteiger partial charge in [-0.15, -0.1) is 0 Å². The Labute approximate surface area is 120 Å². The number of aliphatic carboxylic acids is 1. The number of aryl methyl sites for hydroxylation is 2. The fourth-order valence-electron chi connectivity index (χ4n) is 2.57. The van der Waals surface area contributed by atoms with E-state index in [1.165, 1.54) is 22.0 Å². The number of rotatable bonds is 4. The standard InChI is InChI=1S/C17H23NO2/c1-17(2,3)13-8-9-15-14(10-13)12(11-18(15)4)6-5-7-16(19)20/h8-11H,5-7H2,1-4H3,(H,19,20). The molecule has 1 heterocycles. The highest BCUT2D eigenvalue weighted by molar-refractivity contribution is 5.85. The Morgan fingerprint density at radius 1 is 1.30 bits per heavy atom. The molecule has 0 amide bonds. The summed E-state index contributed by atoms with van der Waals surface area (Å²) in [5.41, 5.74) is 3.90. The monoisotopic (exact) mass is 273 g/mol. The van der Waals surface area contributed by atoms with E-state index in [1.807, 2.05) is 7.05 Å². The minimum absolute atomic E-state index is 0.127. The Kier molecular flexibility index (Phi) is 3.89. The zero-order valence-corrected chi connectivity index (χ0v) is 12.7. The molecule has 0 aliphatic carbocycles. The Balaban J connectivity index is 2.36. The fourth-order valence-corrected chi connectivity index (χ4v) is 2.57. The molecule has 3 heteroatoms. The zero-order valence-electron chi connectivity index (χ0n) is 12.7. The number of carboxylic acid groups (broad SMARTS) is 1. The summed E-state index contributed by atoms with van der Waals surface area (Å²) in [6.45, 7) is 6.63. The third-order valence-electron chi connectivity index (χ3n) is 3.77. The number of hydrogen-bond acceptors (Lipinski definition) is 1. The molecular weight excluding hydrogens is 250 g/mol. The second-order valence-electron chi connectivity index (χ2n) is 6.49. The number of nitrogens with zero attached hydrogens (tertiary/aromatic N) is 1. The SMILES string of the molecule is Cn1cc(CCCC(=O)O)c2cc(C(C)(C)C)ccc21. The van der Waals surface area contributed by atoms with Crippen LogP contribution in [0.3, 0.4) is 0 Å². The van der Waals surface area contributed by atoms with Crippen LogP contribution < -0.4 is 0 Å². The van der Waals surface area contributed by atoms with Gasteiger partial charge in [0.05, 0.1) is 0 Å². The highest BCUT2D eigenvalue weighted by atomic mass is 16.4. The minimum Gasteiger partial charge on any atom is -0.481 e. The molecule has 1 aromatic heterocycles. The molecule has 2 rings (SSSR count). The molecule has 0 spiro atoms. The van der Waals surface area contributed by atoms with Crippen LogP contribution in [0.15, 0.2) is 24.4 Å². The van der Waals surface area contributed by atoms with Gasteiger partial charge in [0.1, 0.15) is 0 Å². The van der Waals surface area contributed by atoms with Crippen LogP contribution >= 0.6 is 0 Å². The van der Waals surface area contributed by atoms with Crippen LogP contribution in [0.25, 0.3) is 10.9 Å². The first-order valence-electron chi connectivity index (χ1n) is 7.09. The molecule has 0 radical (unpaired) electrons. The molecule has 0 aliphatic heterocycles. The molecular formula is C17H23NO2. The average Bonchev–Trinajstić information content (AvgIpc) is 2.65. The molecule has 1 N–H and O–H groups in total. The molecule has 20 heavy (non-hydrogen) atoms. The van der Waals surface area contributed by atoms with Gasteiger partial charge in [0.25, 0.3) is 0 Å². The van der Waals surface area contributed by atoms with E-state index in [4.69, 9.17) is 5.11 Å². The van der Waals surface area contributed by atoms with Crippen molar-refractivity contribution >= 4 is 16.9 Å². The van der Waals surface area contributed by atoms with Gasteiger partial charge in [-0.05, 0) is 41.5 Å². The Morgan fingerprint density at radius 2 is 2.00 bits per heavy atom. The first kappa shape index (κ1) is 14.6. The van der Waals surface area contributed by atoms with Gasteiger partial charge in [0.2, 0.25) is 0 Å². The Bertz CT molecular complexity index is 632. The van der Waals surface area contributed by atoms with Gasteiger partial charge in [-0.3, -0.25) is 4.79 Å². The number of fused-ring (bicyclic) bond motifs is 1. The predicted molar refractivity (Wildman–Crippen MR) is 82.2 cm³/mol. The van der Waals surface area contributed by atoms with Crippen molar-refractivity contribution in [2.45, 2.75) is 45.4 Å². The van der Waals surface area contributed by atoms with E-state index >= 15 is 0 Å². The van der Waals surface area contributed by atoms with Crippen molar-refractivity contribution < 1.29 is 9.90 Å². The normalized spacial score (nSPS) is 12.0. The quantitative estimate of drug-likeness (QED) is 0.918. The van der Waals surface area contributed by atoms with E-state index < -0.39 is 5.97 Å².